The number of rotatable bonds is 5. The highest BCUT2D eigenvalue weighted by Gasteiger charge is 2.58. The van der Waals surface area contributed by atoms with Crippen LogP contribution < -0.4 is 0 Å². The van der Waals surface area contributed by atoms with Crippen molar-refractivity contribution in [2.24, 2.45) is 0 Å². The van der Waals surface area contributed by atoms with Gasteiger partial charge in [-0.2, -0.15) is 5.26 Å². The predicted octanol–water partition coefficient (Wildman–Crippen LogP) is -3.54. The van der Waals surface area contributed by atoms with E-state index in [-0.39, 0.29) is 6.61 Å². The van der Waals surface area contributed by atoms with Gasteiger partial charge in [-0.1, -0.05) is 0 Å². The molecule has 0 radical (unpaired) electrons. The number of epoxide rings is 1. The highest BCUT2D eigenvalue weighted by atomic mass is 16.7. The predicted molar refractivity (Wildman–Crippen MR) is 60.0 cm³/mol. The summed E-state index contributed by atoms with van der Waals surface area (Å²) in [5, 5.41) is 55.6. The van der Waals surface area contributed by atoms with Crippen molar-refractivity contribution in [2.45, 2.75) is 42.4 Å². The molecule has 2 heterocycles. The van der Waals surface area contributed by atoms with Crippen LogP contribution in [0.1, 0.15) is 0 Å². The Hall–Kier alpha value is -0.830. The molecule has 9 nitrogen and oxygen atoms in total. The van der Waals surface area contributed by atoms with Gasteiger partial charge in [0.25, 0.3) is 0 Å². The molecule has 20 heavy (non-hydrogen) atoms. The molecule has 0 saturated carbocycles. The number of nitriles is 1. The average molecular weight is 291 g/mol. The highest BCUT2D eigenvalue weighted by Crippen LogP contribution is 2.36. The molecular weight excluding hydrogens is 274 g/mol. The molecule has 2 aliphatic rings. The lowest BCUT2D eigenvalue weighted by molar-refractivity contribution is -0.301. The van der Waals surface area contributed by atoms with Gasteiger partial charge in [-0.3, -0.25) is 0 Å². The van der Waals surface area contributed by atoms with Gasteiger partial charge >= 0.3 is 0 Å². The fourth-order valence-electron chi connectivity index (χ4n) is 2.05. The lowest BCUT2D eigenvalue weighted by Gasteiger charge is -2.39. The van der Waals surface area contributed by atoms with Crippen molar-refractivity contribution in [2.75, 3.05) is 19.8 Å². The van der Waals surface area contributed by atoms with E-state index in [2.05, 4.69) is 0 Å². The van der Waals surface area contributed by atoms with Gasteiger partial charge in [0.15, 0.2) is 6.29 Å². The molecule has 0 spiro atoms. The fraction of sp³-hybridized carbons (Fsp3) is 0.909. The Morgan fingerprint density at radius 2 is 1.85 bits per heavy atom. The number of hydrogen-bond acceptors (Lipinski definition) is 9. The van der Waals surface area contributed by atoms with Crippen LogP contribution in [0.5, 0.6) is 0 Å². The van der Waals surface area contributed by atoms with Gasteiger partial charge in [-0.05, 0) is 0 Å². The summed E-state index contributed by atoms with van der Waals surface area (Å²) in [4.78, 5) is 0. The molecular formula is C11H17NO8. The van der Waals surface area contributed by atoms with Gasteiger partial charge in [0, 0.05) is 0 Å². The number of aliphatic hydroxyl groups excluding tert-OH is 5. The van der Waals surface area contributed by atoms with Crippen LogP contribution in [0, 0.1) is 11.3 Å². The van der Waals surface area contributed by atoms with E-state index in [4.69, 9.17) is 29.7 Å². The van der Waals surface area contributed by atoms with Gasteiger partial charge in [0.1, 0.15) is 36.6 Å². The molecule has 0 bridgehead atoms. The van der Waals surface area contributed by atoms with E-state index in [0.717, 1.165) is 0 Å². The van der Waals surface area contributed by atoms with E-state index >= 15 is 0 Å². The molecule has 5 N–H and O–H groups in total. The molecule has 2 aliphatic heterocycles. The van der Waals surface area contributed by atoms with Gasteiger partial charge < -0.3 is 39.7 Å². The van der Waals surface area contributed by atoms with Crippen molar-refractivity contribution in [3.05, 3.63) is 0 Å². The lowest BCUT2D eigenvalue weighted by Crippen LogP contribution is -2.59. The molecule has 2 saturated heterocycles. The number of ether oxygens (including phenoxy) is 3. The summed E-state index contributed by atoms with van der Waals surface area (Å²) in [7, 11) is 0. The third kappa shape index (κ3) is 2.65. The van der Waals surface area contributed by atoms with Crippen molar-refractivity contribution in [3.8, 4) is 6.07 Å². The molecule has 9 heteroatoms. The van der Waals surface area contributed by atoms with Crippen LogP contribution in [0.15, 0.2) is 0 Å². The van der Waals surface area contributed by atoms with Crippen LogP contribution in [0.25, 0.3) is 0 Å². The summed E-state index contributed by atoms with van der Waals surface area (Å²) in [6, 6.07) is 1.80. The Bertz CT molecular complexity index is 385. The molecule has 0 unspecified atom stereocenters. The zero-order valence-corrected chi connectivity index (χ0v) is 10.5. The number of aliphatic hydroxyl groups is 5. The van der Waals surface area contributed by atoms with Crippen LogP contribution >= 0.6 is 0 Å². The molecule has 2 rings (SSSR count). The first kappa shape index (κ1) is 15.6. The third-order valence-electron chi connectivity index (χ3n) is 3.50. The SMILES string of the molecule is N#C[C@]1(CO)O[C@@H]1CO[C@H]1O[C@H](CO)[C@H](O)[C@@H](O)[C@H]1O. The molecule has 2 fully saturated rings. The Kier molecular flexibility index (Phi) is 4.58. The number of nitrogens with zero attached hydrogens (tertiary/aromatic N) is 1. The third-order valence-corrected chi connectivity index (χ3v) is 3.50. The Morgan fingerprint density at radius 3 is 2.35 bits per heavy atom. The summed E-state index contributed by atoms with van der Waals surface area (Å²) in [5.41, 5.74) is -1.30. The summed E-state index contributed by atoms with van der Waals surface area (Å²) < 4.78 is 15.3. The zero-order chi connectivity index (χ0) is 14.9. The minimum absolute atomic E-state index is 0.142. The van der Waals surface area contributed by atoms with Crippen molar-refractivity contribution in [1.82, 2.24) is 0 Å². The second-order valence-corrected chi connectivity index (χ2v) is 4.80. The van der Waals surface area contributed by atoms with E-state index in [1.165, 1.54) is 0 Å². The van der Waals surface area contributed by atoms with Gasteiger partial charge in [0.05, 0.1) is 19.8 Å². The normalized spacial score (nSPS) is 47.8. The fourth-order valence-corrected chi connectivity index (χ4v) is 2.05. The summed E-state index contributed by atoms with van der Waals surface area (Å²) in [6.45, 7) is -1.17. The molecule has 114 valence electrons. The van der Waals surface area contributed by atoms with E-state index in [1.807, 2.05) is 0 Å². The quantitative estimate of drug-likeness (QED) is 0.324. The first-order valence-electron chi connectivity index (χ1n) is 6.11. The van der Waals surface area contributed by atoms with E-state index in [0.29, 0.717) is 0 Å². The largest absolute Gasteiger partial charge is 0.394 e. The minimum atomic E-state index is -1.52. The maximum atomic E-state index is 9.70. The zero-order valence-electron chi connectivity index (χ0n) is 10.5. The van der Waals surface area contributed by atoms with Crippen LogP contribution in [-0.4, -0.2) is 87.8 Å². The van der Waals surface area contributed by atoms with E-state index in [9.17, 15) is 15.3 Å². The van der Waals surface area contributed by atoms with Crippen LogP contribution in [-0.2, 0) is 14.2 Å². The second kappa shape index (κ2) is 5.88. The Labute approximate surface area is 114 Å². The monoisotopic (exact) mass is 291 g/mol. The van der Waals surface area contributed by atoms with Crippen LogP contribution in [0.4, 0.5) is 0 Å². The molecule has 0 aromatic carbocycles. The van der Waals surface area contributed by atoms with Crippen LogP contribution in [0.2, 0.25) is 0 Å². The summed E-state index contributed by atoms with van der Waals surface area (Å²) in [6.07, 6.45) is -7.48. The van der Waals surface area contributed by atoms with E-state index < -0.39 is 55.6 Å². The molecule has 0 aromatic heterocycles. The lowest BCUT2D eigenvalue weighted by atomic mass is 9.99. The van der Waals surface area contributed by atoms with Crippen LogP contribution in [0.3, 0.4) is 0 Å². The summed E-state index contributed by atoms with van der Waals surface area (Å²) in [5.74, 6) is 0. The first-order chi connectivity index (χ1) is 9.49. The highest BCUT2D eigenvalue weighted by molar-refractivity contribution is 5.18. The number of hydrogen-bond donors (Lipinski definition) is 5. The molecule has 0 aromatic rings. The molecule has 0 aliphatic carbocycles. The van der Waals surface area contributed by atoms with Crippen molar-refractivity contribution < 1.29 is 39.7 Å². The van der Waals surface area contributed by atoms with Crippen molar-refractivity contribution in [1.29, 1.82) is 5.26 Å². The van der Waals surface area contributed by atoms with E-state index in [1.54, 1.807) is 6.07 Å². The first-order valence-corrected chi connectivity index (χ1v) is 6.11. The summed E-state index contributed by atoms with van der Waals surface area (Å²) >= 11 is 0. The standard InChI is InChI=1S/C11H17NO8/c12-3-11(4-14)6(20-11)2-18-10-9(17)8(16)7(15)5(1-13)19-10/h5-10,13-17H,1-2,4H2/t5-,6-,7+,8-,9-,10+,11-/m1/s1. The molecule has 7 atom stereocenters. The Morgan fingerprint density at radius 1 is 1.15 bits per heavy atom. The molecule has 0 amide bonds. The van der Waals surface area contributed by atoms with Crippen molar-refractivity contribution >= 4 is 0 Å². The smallest absolute Gasteiger partial charge is 0.205 e. The average Bonchev–Trinajstić information content (AvgIpc) is 3.18. The minimum Gasteiger partial charge on any atom is -0.394 e. The Balaban J connectivity index is 1.88. The van der Waals surface area contributed by atoms with Crippen molar-refractivity contribution in [3.63, 3.8) is 0 Å². The topological polar surface area (TPSA) is 156 Å². The van der Waals surface area contributed by atoms with Gasteiger partial charge in [-0.25, -0.2) is 0 Å². The van der Waals surface area contributed by atoms with Gasteiger partial charge in [-0.15, -0.1) is 0 Å². The maximum Gasteiger partial charge on any atom is 0.205 e. The van der Waals surface area contributed by atoms with Gasteiger partial charge in [0.2, 0.25) is 5.60 Å². The second-order valence-electron chi connectivity index (χ2n) is 4.80. The maximum absolute atomic E-state index is 9.70.